The molecule has 8 nitrogen and oxygen atoms in total. The molecule has 0 aliphatic rings. The number of aliphatic hydroxyl groups excluding tert-OH is 1. The number of phenols is 7. The fourth-order valence-corrected chi connectivity index (χ4v) is 9.50. The van der Waals surface area contributed by atoms with Crippen molar-refractivity contribution in [2.45, 2.75) is 24.7 Å². The molecular formula is C64H52O8. The fourth-order valence-electron chi connectivity index (χ4n) is 9.50. The van der Waals surface area contributed by atoms with E-state index < -0.39 is 10.8 Å². The van der Waals surface area contributed by atoms with Crippen molar-refractivity contribution in [3.8, 4) is 84.8 Å². The van der Waals surface area contributed by atoms with E-state index in [9.17, 15) is 40.9 Å². The Bertz CT molecular complexity index is 3390. The number of aromatic hydroxyl groups is 7. The van der Waals surface area contributed by atoms with Gasteiger partial charge in [-0.05, 0) is 172 Å². The average Bonchev–Trinajstić information content (AvgIpc) is 3.39. The predicted molar refractivity (Wildman–Crippen MR) is 287 cm³/mol. The summed E-state index contributed by atoms with van der Waals surface area (Å²) in [5, 5.41) is 87.8. The average molecular weight is 949 g/mol. The Morgan fingerprint density at radius 1 is 0.375 bits per heavy atom. The molecule has 0 amide bonds. The number of hydrogen-bond donors (Lipinski definition) is 8. The number of hydrogen-bond acceptors (Lipinski definition) is 8. The van der Waals surface area contributed by atoms with Crippen LogP contribution in [0.15, 0.2) is 231 Å². The van der Waals surface area contributed by atoms with Crippen LogP contribution in [-0.4, -0.2) is 40.9 Å². The second-order valence-electron chi connectivity index (χ2n) is 18.2. The van der Waals surface area contributed by atoms with E-state index in [1.807, 2.05) is 92.7 Å². The smallest absolute Gasteiger partial charge is 0.120 e. The van der Waals surface area contributed by atoms with Gasteiger partial charge in [-0.3, -0.25) is 0 Å². The van der Waals surface area contributed by atoms with Crippen LogP contribution in [0.3, 0.4) is 0 Å². The van der Waals surface area contributed by atoms with Gasteiger partial charge in [0.1, 0.15) is 46.0 Å². The van der Waals surface area contributed by atoms with Gasteiger partial charge in [0.25, 0.3) is 0 Å². The predicted octanol–water partition coefficient (Wildman–Crippen LogP) is 14.7. The Morgan fingerprint density at radius 3 is 1.07 bits per heavy atom. The van der Waals surface area contributed by atoms with Gasteiger partial charge in [0.15, 0.2) is 0 Å². The molecule has 0 bridgehead atoms. The number of benzene rings is 9. The van der Waals surface area contributed by atoms with Crippen molar-refractivity contribution in [3.05, 3.63) is 264 Å². The highest BCUT2D eigenvalue weighted by atomic mass is 16.3. The standard InChI is InChI=1S/C64H52O8/c1-4-5-46(42-10-25-52(65)26-11-42)39-62(72)64(3,58-38-49(20-35-61(58)71)45-16-31-55(68)32-17-45)51-23-8-41(9-24-51)40-6-21-50(22-7-40)63(2,56-36-47(18-33-59(56)69)43-12-27-53(66)28-13-43)57-37-48(19-34-60(57)70)44-14-29-54(67)30-15-44/h4-39,65-72H,1H2,2-3H3/b46-5+,62-39-. The lowest BCUT2D eigenvalue weighted by atomic mass is 9.69. The first-order chi connectivity index (χ1) is 34.6. The highest BCUT2D eigenvalue weighted by Gasteiger charge is 2.38. The molecule has 0 aliphatic heterocycles. The molecule has 0 heterocycles. The molecule has 9 aromatic rings. The maximum absolute atomic E-state index is 12.5. The Morgan fingerprint density at radius 2 is 0.681 bits per heavy atom. The molecule has 1 unspecified atom stereocenters. The summed E-state index contributed by atoms with van der Waals surface area (Å²) in [6.45, 7) is 7.71. The van der Waals surface area contributed by atoms with Crippen LogP contribution in [0.2, 0.25) is 0 Å². The molecule has 0 aliphatic carbocycles. The summed E-state index contributed by atoms with van der Waals surface area (Å²) in [5.74, 6) is 0.399. The Labute approximate surface area is 418 Å². The summed E-state index contributed by atoms with van der Waals surface area (Å²) in [4.78, 5) is 0. The van der Waals surface area contributed by atoms with E-state index in [4.69, 9.17) is 0 Å². The SMILES string of the molecule is C=C/C=C(\C=C(/O)C(C)(c1ccc(-c2ccc(C(C)(c3cc(-c4ccc(O)cc4)ccc3O)c3cc(-c4ccc(O)cc4)ccc3O)cc2)cc1)c1cc(-c2ccc(O)cc2)ccc1O)c1ccc(O)cc1. The maximum atomic E-state index is 12.5. The Kier molecular flexibility index (Phi) is 12.9. The quantitative estimate of drug-likeness (QED) is 0.0322. The van der Waals surface area contributed by atoms with E-state index in [2.05, 4.69) is 6.58 Å². The van der Waals surface area contributed by atoms with E-state index in [0.717, 1.165) is 55.6 Å². The molecule has 9 aromatic carbocycles. The first-order valence-electron chi connectivity index (χ1n) is 23.3. The van der Waals surface area contributed by atoms with Gasteiger partial charge < -0.3 is 40.9 Å². The van der Waals surface area contributed by atoms with Crippen LogP contribution in [-0.2, 0) is 10.8 Å². The molecule has 9 rings (SSSR count). The summed E-state index contributed by atoms with van der Waals surface area (Å²) in [5.41, 5.74) is 8.29. The van der Waals surface area contributed by atoms with Crippen molar-refractivity contribution in [1.82, 2.24) is 0 Å². The number of rotatable bonds is 13. The van der Waals surface area contributed by atoms with Crippen molar-refractivity contribution >= 4 is 5.57 Å². The third kappa shape index (κ3) is 9.24. The molecule has 72 heavy (non-hydrogen) atoms. The first kappa shape index (κ1) is 47.7. The number of allylic oxidation sites excluding steroid dienone is 5. The molecule has 0 radical (unpaired) electrons. The Balaban J connectivity index is 1.15. The molecule has 356 valence electrons. The second kappa shape index (κ2) is 19.5. The van der Waals surface area contributed by atoms with Gasteiger partial charge in [0.05, 0.1) is 5.41 Å². The summed E-state index contributed by atoms with van der Waals surface area (Å²) >= 11 is 0. The summed E-state index contributed by atoms with van der Waals surface area (Å²) in [6.07, 6.45) is 5.01. The molecule has 0 spiro atoms. The van der Waals surface area contributed by atoms with E-state index >= 15 is 0 Å². The van der Waals surface area contributed by atoms with Crippen molar-refractivity contribution in [1.29, 1.82) is 0 Å². The molecule has 0 fully saturated rings. The van der Waals surface area contributed by atoms with Crippen LogP contribution in [0.5, 0.6) is 40.2 Å². The highest BCUT2D eigenvalue weighted by Crippen LogP contribution is 2.49. The van der Waals surface area contributed by atoms with E-state index in [-0.39, 0.29) is 46.0 Å². The lowest BCUT2D eigenvalue weighted by Gasteiger charge is -2.34. The normalized spacial score (nSPS) is 12.8. The molecule has 0 saturated carbocycles. The van der Waals surface area contributed by atoms with Gasteiger partial charge in [0.2, 0.25) is 0 Å². The minimum atomic E-state index is -1.33. The van der Waals surface area contributed by atoms with Crippen LogP contribution >= 0.6 is 0 Å². The first-order valence-corrected chi connectivity index (χ1v) is 23.3. The van der Waals surface area contributed by atoms with Gasteiger partial charge in [-0.15, -0.1) is 0 Å². The summed E-state index contributed by atoms with van der Waals surface area (Å²) in [6, 6.07) is 58.6. The minimum Gasteiger partial charge on any atom is -0.511 e. The van der Waals surface area contributed by atoms with Crippen molar-refractivity contribution in [2.75, 3.05) is 0 Å². The van der Waals surface area contributed by atoms with Gasteiger partial charge in [-0.2, -0.15) is 0 Å². The van der Waals surface area contributed by atoms with Crippen LogP contribution < -0.4 is 0 Å². The van der Waals surface area contributed by atoms with Gasteiger partial charge in [-0.25, -0.2) is 0 Å². The zero-order chi connectivity index (χ0) is 50.7. The topological polar surface area (TPSA) is 162 Å². The number of phenolic OH excluding ortho intramolecular Hbond substituents is 7. The third-order valence-corrected chi connectivity index (χ3v) is 13.8. The van der Waals surface area contributed by atoms with Crippen molar-refractivity contribution in [2.24, 2.45) is 0 Å². The molecule has 0 aromatic heterocycles. The Hall–Kier alpha value is -9.40. The summed E-state index contributed by atoms with van der Waals surface area (Å²) < 4.78 is 0. The van der Waals surface area contributed by atoms with E-state index in [0.29, 0.717) is 27.8 Å². The molecule has 0 saturated heterocycles. The van der Waals surface area contributed by atoms with E-state index in [1.54, 1.807) is 140 Å². The van der Waals surface area contributed by atoms with Gasteiger partial charge in [0, 0.05) is 22.1 Å². The fraction of sp³-hybridized carbons (Fsp3) is 0.0625. The lowest BCUT2D eigenvalue weighted by Crippen LogP contribution is -2.27. The van der Waals surface area contributed by atoms with Crippen LogP contribution in [0.25, 0.3) is 50.1 Å². The third-order valence-electron chi connectivity index (χ3n) is 13.8. The van der Waals surface area contributed by atoms with Crippen LogP contribution in [0.4, 0.5) is 0 Å². The summed E-state index contributed by atoms with van der Waals surface area (Å²) in [7, 11) is 0. The van der Waals surface area contributed by atoms with Gasteiger partial charge >= 0.3 is 0 Å². The van der Waals surface area contributed by atoms with Crippen molar-refractivity contribution in [3.63, 3.8) is 0 Å². The van der Waals surface area contributed by atoms with Gasteiger partial charge in [-0.1, -0.05) is 134 Å². The van der Waals surface area contributed by atoms with Crippen LogP contribution in [0, 0.1) is 0 Å². The zero-order valence-corrected chi connectivity index (χ0v) is 39.6. The molecule has 1 atom stereocenters. The van der Waals surface area contributed by atoms with E-state index in [1.165, 1.54) is 0 Å². The zero-order valence-electron chi connectivity index (χ0n) is 39.6. The highest BCUT2D eigenvalue weighted by molar-refractivity contribution is 5.78. The monoisotopic (exact) mass is 948 g/mol. The number of aliphatic hydroxyl groups is 1. The van der Waals surface area contributed by atoms with Crippen molar-refractivity contribution < 1.29 is 40.9 Å². The lowest BCUT2D eigenvalue weighted by molar-refractivity contribution is 0.328. The molecule has 8 N–H and O–H groups in total. The molecule has 8 heteroatoms. The molecular weight excluding hydrogens is 897 g/mol. The maximum Gasteiger partial charge on any atom is 0.120 e. The van der Waals surface area contributed by atoms with Crippen LogP contribution in [0.1, 0.15) is 47.2 Å². The minimum absolute atomic E-state index is 0.0179. The second-order valence-corrected chi connectivity index (χ2v) is 18.2. The largest absolute Gasteiger partial charge is 0.511 e.